The van der Waals surface area contributed by atoms with Crippen LogP contribution >= 0.6 is 0 Å². The molecule has 1 amide bonds. The van der Waals surface area contributed by atoms with Crippen molar-refractivity contribution in [2.24, 2.45) is 0 Å². The molecule has 29 heavy (non-hydrogen) atoms. The van der Waals surface area contributed by atoms with Gasteiger partial charge in [0.1, 0.15) is 5.75 Å². The molecule has 2 rings (SSSR count). The van der Waals surface area contributed by atoms with Crippen molar-refractivity contribution in [2.75, 3.05) is 20.3 Å². The predicted octanol–water partition coefficient (Wildman–Crippen LogP) is 2.84. The molecule has 0 bridgehead atoms. The van der Waals surface area contributed by atoms with E-state index in [-0.39, 0.29) is 24.7 Å². The van der Waals surface area contributed by atoms with Crippen molar-refractivity contribution in [3.8, 4) is 17.2 Å². The fourth-order valence-corrected chi connectivity index (χ4v) is 2.30. The van der Waals surface area contributed by atoms with Crippen molar-refractivity contribution in [2.45, 2.75) is 20.1 Å². The number of halogens is 2. The summed E-state index contributed by atoms with van der Waals surface area (Å²) in [5.41, 5.74) is 1.58. The molecule has 0 heterocycles. The highest BCUT2D eigenvalue weighted by Crippen LogP contribution is 2.29. The Kier molecular flexibility index (Phi) is 8.20. The third-order valence-corrected chi connectivity index (χ3v) is 3.64. The van der Waals surface area contributed by atoms with Gasteiger partial charge >= 0.3 is 12.6 Å². The molecule has 0 unspecified atom stereocenters. The summed E-state index contributed by atoms with van der Waals surface area (Å²) in [5.74, 6) is -0.686. The monoisotopic (exact) mass is 409 g/mol. The number of carbonyl (C=O) groups excluding carboxylic acids is 2. The average molecular weight is 409 g/mol. The zero-order valence-electron chi connectivity index (χ0n) is 15.9. The number of methoxy groups -OCH3 is 1. The van der Waals surface area contributed by atoms with Gasteiger partial charge in [-0.1, -0.05) is 18.2 Å². The van der Waals surface area contributed by atoms with Crippen LogP contribution in [0.1, 0.15) is 11.1 Å². The Morgan fingerprint density at radius 2 is 1.86 bits per heavy atom. The molecule has 0 atom stereocenters. The van der Waals surface area contributed by atoms with E-state index in [1.807, 2.05) is 13.0 Å². The van der Waals surface area contributed by atoms with E-state index < -0.39 is 25.1 Å². The number of esters is 1. The van der Waals surface area contributed by atoms with E-state index in [1.54, 1.807) is 18.2 Å². The molecule has 9 heteroatoms. The Balaban J connectivity index is 1.74. The standard InChI is InChI=1S/C20H21F2NO6/c1-13-4-3-5-15(8-13)27-12-19(25)28-11-18(24)23-10-14-6-7-16(29-20(21)22)17(9-14)26-2/h3-9,20H,10-12H2,1-2H3,(H,23,24). The van der Waals surface area contributed by atoms with Gasteiger partial charge in [-0.05, 0) is 42.3 Å². The summed E-state index contributed by atoms with van der Waals surface area (Å²) in [6, 6.07) is 11.4. The molecule has 0 radical (unpaired) electrons. The van der Waals surface area contributed by atoms with Gasteiger partial charge in [0.2, 0.25) is 0 Å². The van der Waals surface area contributed by atoms with Gasteiger partial charge in [-0.3, -0.25) is 4.79 Å². The largest absolute Gasteiger partial charge is 0.493 e. The minimum absolute atomic E-state index is 0.0848. The van der Waals surface area contributed by atoms with Crippen LogP contribution in [0.3, 0.4) is 0 Å². The molecule has 7 nitrogen and oxygen atoms in total. The fraction of sp³-hybridized carbons (Fsp3) is 0.300. The van der Waals surface area contributed by atoms with Gasteiger partial charge in [0.15, 0.2) is 24.7 Å². The predicted molar refractivity (Wildman–Crippen MR) is 99.1 cm³/mol. The van der Waals surface area contributed by atoms with Crippen LogP contribution in [0, 0.1) is 6.92 Å². The van der Waals surface area contributed by atoms with Crippen molar-refractivity contribution in [1.82, 2.24) is 5.32 Å². The lowest BCUT2D eigenvalue weighted by Crippen LogP contribution is -2.29. The zero-order chi connectivity index (χ0) is 21.2. The van der Waals surface area contributed by atoms with Crippen LogP contribution in [-0.4, -0.2) is 38.8 Å². The van der Waals surface area contributed by atoms with Crippen molar-refractivity contribution in [1.29, 1.82) is 0 Å². The average Bonchev–Trinajstić information content (AvgIpc) is 2.69. The molecule has 0 aliphatic heterocycles. The van der Waals surface area contributed by atoms with Crippen LogP contribution in [0.2, 0.25) is 0 Å². The molecule has 0 aliphatic rings. The molecular weight excluding hydrogens is 388 g/mol. The molecule has 0 aromatic heterocycles. The second-order valence-electron chi connectivity index (χ2n) is 5.91. The minimum Gasteiger partial charge on any atom is -0.493 e. The van der Waals surface area contributed by atoms with Crippen LogP contribution in [0.25, 0.3) is 0 Å². The number of hydrogen-bond donors (Lipinski definition) is 1. The summed E-state index contributed by atoms with van der Waals surface area (Å²) in [6.07, 6.45) is 0. The third-order valence-electron chi connectivity index (χ3n) is 3.64. The number of rotatable bonds is 10. The number of nitrogens with one attached hydrogen (secondary N) is 1. The first kappa shape index (κ1) is 21.9. The van der Waals surface area contributed by atoms with Gasteiger partial charge in [-0.25, -0.2) is 4.79 Å². The molecule has 0 saturated carbocycles. The van der Waals surface area contributed by atoms with Crippen molar-refractivity contribution in [3.05, 3.63) is 53.6 Å². The number of benzene rings is 2. The Bertz CT molecular complexity index is 843. The van der Waals surface area contributed by atoms with E-state index in [9.17, 15) is 18.4 Å². The van der Waals surface area contributed by atoms with E-state index in [2.05, 4.69) is 10.1 Å². The molecule has 2 aromatic carbocycles. The highest BCUT2D eigenvalue weighted by Gasteiger charge is 2.12. The topological polar surface area (TPSA) is 83.1 Å². The van der Waals surface area contributed by atoms with E-state index in [4.69, 9.17) is 14.2 Å². The van der Waals surface area contributed by atoms with Gasteiger partial charge < -0.3 is 24.3 Å². The first-order chi connectivity index (χ1) is 13.9. The molecule has 0 spiro atoms. The lowest BCUT2D eigenvalue weighted by atomic mass is 10.2. The van der Waals surface area contributed by atoms with Gasteiger partial charge in [0, 0.05) is 6.54 Å². The van der Waals surface area contributed by atoms with Crippen LogP contribution < -0.4 is 19.5 Å². The number of hydrogen-bond acceptors (Lipinski definition) is 6. The number of aryl methyl sites for hydroxylation is 1. The first-order valence-corrected chi connectivity index (χ1v) is 8.61. The number of alkyl halides is 2. The maximum atomic E-state index is 12.3. The molecule has 2 aromatic rings. The second-order valence-corrected chi connectivity index (χ2v) is 5.91. The Hall–Kier alpha value is -3.36. The molecule has 0 fully saturated rings. The maximum absolute atomic E-state index is 12.3. The van der Waals surface area contributed by atoms with E-state index in [1.165, 1.54) is 25.3 Å². The molecular formula is C20H21F2NO6. The maximum Gasteiger partial charge on any atom is 0.387 e. The van der Waals surface area contributed by atoms with Crippen LogP contribution in [-0.2, 0) is 20.9 Å². The zero-order valence-corrected chi connectivity index (χ0v) is 15.9. The van der Waals surface area contributed by atoms with E-state index in [0.29, 0.717) is 11.3 Å². The highest BCUT2D eigenvalue weighted by molar-refractivity contribution is 5.80. The number of carbonyl (C=O) groups is 2. The summed E-state index contributed by atoms with van der Waals surface area (Å²) >= 11 is 0. The van der Waals surface area contributed by atoms with Crippen LogP contribution in [0.15, 0.2) is 42.5 Å². The van der Waals surface area contributed by atoms with Crippen molar-refractivity contribution in [3.63, 3.8) is 0 Å². The lowest BCUT2D eigenvalue weighted by Gasteiger charge is -2.12. The molecule has 156 valence electrons. The number of ether oxygens (including phenoxy) is 4. The van der Waals surface area contributed by atoms with Gasteiger partial charge in [0.05, 0.1) is 7.11 Å². The molecule has 0 aliphatic carbocycles. The summed E-state index contributed by atoms with van der Waals surface area (Å²) in [6.45, 7) is -1.79. The van der Waals surface area contributed by atoms with Crippen molar-refractivity contribution < 1.29 is 37.3 Å². The second kappa shape index (κ2) is 10.8. The highest BCUT2D eigenvalue weighted by atomic mass is 19.3. The molecule has 0 saturated heterocycles. The molecule has 1 N–H and O–H groups in total. The summed E-state index contributed by atoms with van der Waals surface area (Å²) in [7, 11) is 1.31. The fourth-order valence-electron chi connectivity index (χ4n) is 2.30. The smallest absolute Gasteiger partial charge is 0.387 e. The van der Waals surface area contributed by atoms with Gasteiger partial charge in [-0.15, -0.1) is 0 Å². The Labute approximate surface area is 166 Å². The van der Waals surface area contributed by atoms with Gasteiger partial charge in [0.25, 0.3) is 5.91 Å². The SMILES string of the molecule is COc1cc(CNC(=O)COC(=O)COc2cccc(C)c2)ccc1OC(F)F. The third kappa shape index (κ3) is 7.65. The summed E-state index contributed by atoms with van der Waals surface area (Å²) in [5, 5.41) is 2.55. The quantitative estimate of drug-likeness (QED) is 0.608. The number of amides is 1. The Morgan fingerprint density at radius 1 is 1.07 bits per heavy atom. The Morgan fingerprint density at radius 3 is 2.55 bits per heavy atom. The van der Waals surface area contributed by atoms with E-state index >= 15 is 0 Å². The summed E-state index contributed by atoms with van der Waals surface area (Å²) in [4.78, 5) is 23.5. The van der Waals surface area contributed by atoms with Crippen LogP contribution in [0.4, 0.5) is 8.78 Å². The van der Waals surface area contributed by atoms with Crippen molar-refractivity contribution >= 4 is 11.9 Å². The normalized spacial score (nSPS) is 10.4. The first-order valence-electron chi connectivity index (χ1n) is 8.61. The van der Waals surface area contributed by atoms with Crippen LogP contribution in [0.5, 0.6) is 17.2 Å². The summed E-state index contributed by atoms with van der Waals surface area (Å²) < 4.78 is 44.1. The van der Waals surface area contributed by atoms with Gasteiger partial charge in [-0.2, -0.15) is 8.78 Å². The lowest BCUT2D eigenvalue weighted by molar-refractivity contribution is -0.150. The minimum atomic E-state index is -2.97. The van der Waals surface area contributed by atoms with E-state index in [0.717, 1.165) is 5.56 Å².